The molecular formula is C18H29N. The molecule has 19 heavy (non-hydrogen) atoms. The van der Waals surface area contributed by atoms with E-state index in [9.17, 15) is 0 Å². The number of rotatable bonds is 2. The van der Waals surface area contributed by atoms with Gasteiger partial charge in [0, 0.05) is 11.7 Å². The smallest absolute Gasteiger partial charge is 0.0380 e. The van der Waals surface area contributed by atoms with Gasteiger partial charge in [-0.15, -0.1) is 0 Å². The molecule has 1 fully saturated rings. The number of benzene rings is 1. The van der Waals surface area contributed by atoms with E-state index < -0.39 is 0 Å². The largest absolute Gasteiger partial charge is 0.382 e. The lowest BCUT2D eigenvalue weighted by atomic mass is 9.75. The lowest BCUT2D eigenvalue weighted by Gasteiger charge is -2.37. The Balaban J connectivity index is 2.15. The van der Waals surface area contributed by atoms with E-state index in [0.717, 1.165) is 0 Å². The van der Waals surface area contributed by atoms with Crippen LogP contribution >= 0.6 is 0 Å². The van der Waals surface area contributed by atoms with Crippen molar-refractivity contribution in [1.29, 1.82) is 0 Å². The Morgan fingerprint density at radius 3 is 2.47 bits per heavy atom. The van der Waals surface area contributed by atoms with Crippen LogP contribution in [0.15, 0.2) is 24.3 Å². The quantitative estimate of drug-likeness (QED) is 0.753. The standard InChI is InChI=1S/C18H29N/c1-17(2,3)15-10-6-7-11-16(15)19-14-9-8-12-18(4,5)13-14/h6-7,10-11,14,19H,8-9,12-13H2,1-5H3. The highest BCUT2D eigenvalue weighted by Crippen LogP contribution is 2.37. The summed E-state index contributed by atoms with van der Waals surface area (Å²) in [4.78, 5) is 0. The third kappa shape index (κ3) is 3.75. The molecule has 0 aliphatic heterocycles. The number of para-hydroxylation sites is 1. The Bertz CT molecular complexity index is 426. The summed E-state index contributed by atoms with van der Waals surface area (Å²) in [6, 6.07) is 9.42. The van der Waals surface area contributed by atoms with E-state index in [4.69, 9.17) is 0 Å². The van der Waals surface area contributed by atoms with Gasteiger partial charge in [-0.05, 0) is 41.7 Å². The van der Waals surface area contributed by atoms with Gasteiger partial charge in [-0.2, -0.15) is 0 Å². The lowest BCUT2D eigenvalue weighted by Crippen LogP contribution is -2.32. The number of hydrogen-bond donors (Lipinski definition) is 1. The van der Waals surface area contributed by atoms with Crippen molar-refractivity contribution < 1.29 is 0 Å². The van der Waals surface area contributed by atoms with E-state index in [2.05, 4.69) is 64.2 Å². The molecule has 1 saturated carbocycles. The zero-order valence-electron chi connectivity index (χ0n) is 13.2. The zero-order chi connectivity index (χ0) is 14.1. The van der Waals surface area contributed by atoms with Crippen molar-refractivity contribution >= 4 is 5.69 Å². The van der Waals surface area contributed by atoms with Crippen LogP contribution in [0.25, 0.3) is 0 Å². The molecule has 2 rings (SSSR count). The first-order chi connectivity index (χ1) is 8.78. The Kier molecular flexibility index (Phi) is 3.94. The van der Waals surface area contributed by atoms with Crippen molar-refractivity contribution in [3.05, 3.63) is 29.8 Å². The highest BCUT2D eigenvalue weighted by Gasteiger charge is 2.28. The monoisotopic (exact) mass is 259 g/mol. The van der Waals surface area contributed by atoms with E-state index in [1.165, 1.54) is 36.9 Å². The van der Waals surface area contributed by atoms with E-state index in [-0.39, 0.29) is 5.41 Å². The summed E-state index contributed by atoms with van der Waals surface area (Å²) < 4.78 is 0. The van der Waals surface area contributed by atoms with Gasteiger partial charge in [0.2, 0.25) is 0 Å². The van der Waals surface area contributed by atoms with Crippen LogP contribution in [0.1, 0.15) is 65.9 Å². The first-order valence-corrected chi connectivity index (χ1v) is 7.64. The topological polar surface area (TPSA) is 12.0 Å². The molecule has 0 amide bonds. The Labute approximate surface area is 118 Å². The molecule has 1 N–H and O–H groups in total. The number of nitrogens with one attached hydrogen (secondary N) is 1. The molecule has 1 heteroatoms. The van der Waals surface area contributed by atoms with Gasteiger partial charge in [0.25, 0.3) is 0 Å². The van der Waals surface area contributed by atoms with Gasteiger partial charge in [-0.1, -0.05) is 59.2 Å². The lowest BCUT2D eigenvalue weighted by molar-refractivity contribution is 0.229. The molecule has 1 nitrogen and oxygen atoms in total. The van der Waals surface area contributed by atoms with Crippen LogP contribution in [0.3, 0.4) is 0 Å². The summed E-state index contributed by atoms with van der Waals surface area (Å²) in [6.07, 6.45) is 5.31. The predicted molar refractivity (Wildman–Crippen MR) is 84.8 cm³/mol. The van der Waals surface area contributed by atoms with Gasteiger partial charge in [-0.25, -0.2) is 0 Å². The Morgan fingerprint density at radius 1 is 1.16 bits per heavy atom. The second-order valence-corrected chi connectivity index (χ2v) is 7.90. The van der Waals surface area contributed by atoms with E-state index in [0.29, 0.717) is 11.5 Å². The molecule has 0 spiro atoms. The number of hydrogen-bond acceptors (Lipinski definition) is 1. The summed E-state index contributed by atoms with van der Waals surface area (Å²) in [6.45, 7) is 11.7. The third-order valence-electron chi connectivity index (χ3n) is 4.30. The second kappa shape index (κ2) is 5.19. The maximum Gasteiger partial charge on any atom is 0.0380 e. The van der Waals surface area contributed by atoms with Crippen molar-refractivity contribution in [3.63, 3.8) is 0 Å². The molecule has 0 heterocycles. The summed E-state index contributed by atoms with van der Waals surface area (Å²) in [5.74, 6) is 0. The maximum absolute atomic E-state index is 3.81. The van der Waals surface area contributed by atoms with Crippen LogP contribution in [0.4, 0.5) is 5.69 Å². The van der Waals surface area contributed by atoms with Crippen LogP contribution in [-0.4, -0.2) is 6.04 Å². The summed E-state index contributed by atoms with van der Waals surface area (Å²) >= 11 is 0. The van der Waals surface area contributed by atoms with Crippen LogP contribution in [0.2, 0.25) is 0 Å². The fourth-order valence-corrected chi connectivity index (χ4v) is 3.30. The minimum Gasteiger partial charge on any atom is -0.382 e. The molecule has 1 atom stereocenters. The average Bonchev–Trinajstić information content (AvgIpc) is 2.26. The summed E-state index contributed by atoms with van der Waals surface area (Å²) in [5, 5.41) is 3.81. The molecule has 0 bridgehead atoms. The van der Waals surface area contributed by atoms with Crippen LogP contribution in [0.5, 0.6) is 0 Å². The summed E-state index contributed by atoms with van der Waals surface area (Å²) in [7, 11) is 0. The van der Waals surface area contributed by atoms with E-state index in [1.807, 2.05) is 0 Å². The Morgan fingerprint density at radius 2 is 1.84 bits per heavy atom. The van der Waals surface area contributed by atoms with Crippen LogP contribution in [0, 0.1) is 5.41 Å². The van der Waals surface area contributed by atoms with E-state index in [1.54, 1.807) is 0 Å². The average molecular weight is 259 g/mol. The van der Waals surface area contributed by atoms with Crippen molar-refractivity contribution in [2.24, 2.45) is 5.41 Å². The molecule has 1 aliphatic rings. The third-order valence-corrected chi connectivity index (χ3v) is 4.30. The van der Waals surface area contributed by atoms with Crippen molar-refractivity contribution in [2.45, 2.75) is 71.8 Å². The molecule has 1 unspecified atom stereocenters. The van der Waals surface area contributed by atoms with Gasteiger partial charge < -0.3 is 5.32 Å². The van der Waals surface area contributed by atoms with Gasteiger partial charge in [0.15, 0.2) is 0 Å². The second-order valence-electron chi connectivity index (χ2n) is 7.90. The maximum atomic E-state index is 3.81. The molecule has 106 valence electrons. The minimum absolute atomic E-state index is 0.202. The van der Waals surface area contributed by atoms with E-state index >= 15 is 0 Å². The molecule has 0 aromatic heterocycles. The predicted octanol–water partition coefficient (Wildman–Crippen LogP) is 5.36. The molecule has 1 aromatic carbocycles. The zero-order valence-corrected chi connectivity index (χ0v) is 13.2. The normalized spacial score (nSPS) is 23.1. The highest BCUT2D eigenvalue weighted by molar-refractivity contribution is 5.54. The van der Waals surface area contributed by atoms with Crippen LogP contribution < -0.4 is 5.32 Å². The molecule has 1 aromatic rings. The van der Waals surface area contributed by atoms with Crippen molar-refractivity contribution in [2.75, 3.05) is 5.32 Å². The molecule has 0 saturated heterocycles. The van der Waals surface area contributed by atoms with Gasteiger partial charge >= 0.3 is 0 Å². The molecule has 1 aliphatic carbocycles. The van der Waals surface area contributed by atoms with Gasteiger partial charge in [0.1, 0.15) is 0 Å². The SMILES string of the molecule is CC1(C)CCCC(Nc2ccccc2C(C)(C)C)C1. The molecular weight excluding hydrogens is 230 g/mol. The highest BCUT2D eigenvalue weighted by atomic mass is 14.9. The first kappa shape index (κ1) is 14.4. The molecule has 0 radical (unpaired) electrons. The van der Waals surface area contributed by atoms with Crippen molar-refractivity contribution in [3.8, 4) is 0 Å². The van der Waals surface area contributed by atoms with Gasteiger partial charge in [0.05, 0.1) is 0 Å². The fraction of sp³-hybridized carbons (Fsp3) is 0.667. The Hall–Kier alpha value is -0.980. The van der Waals surface area contributed by atoms with Crippen molar-refractivity contribution in [1.82, 2.24) is 0 Å². The number of anilines is 1. The van der Waals surface area contributed by atoms with Gasteiger partial charge in [-0.3, -0.25) is 0 Å². The fourth-order valence-electron chi connectivity index (χ4n) is 3.30. The van der Waals surface area contributed by atoms with Crippen LogP contribution in [-0.2, 0) is 5.41 Å². The first-order valence-electron chi connectivity index (χ1n) is 7.64. The summed E-state index contributed by atoms with van der Waals surface area (Å²) in [5.41, 5.74) is 3.46. The minimum atomic E-state index is 0.202.